The molecule has 0 aromatic carbocycles. The molecule has 0 radical (unpaired) electrons. The Morgan fingerprint density at radius 2 is 2.17 bits per heavy atom. The minimum Gasteiger partial charge on any atom is -0.328 e. The first-order valence-corrected chi connectivity index (χ1v) is 7.10. The van der Waals surface area contributed by atoms with Gasteiger partial charge in [0.2, 0.25) is 15.6 Å². The SMILES string of the molecule is C#CCN(CC1CC1)S(=O)(=O)c1ccc(=O)[nH]c1. The van der Waals surface area contributed by atoms with Crippen LogP contribution in [-0.4, -0.2) is 30.8 Å². The van der Waals surface area contributed by atoms with Gasteiger partial charge in [-0.25, -0.2) is 8.42 Å². The highest BCUT2D eigenvalue weighted by atomic mass is 32.2. The summed E-state index contributed by atoms with van der Waals surface area (Å²) in [6.45, 7) is 0.504. The summed E-state index contributed by atoms with van der Waals surface area (Å²) in [4.78, 5) is 13.4. The molecular weight excluding hydrogens is 252 g/mol. The molecule has 1 aromatic heterocycles. The van der Waals surface area contributed by atoms with Crippen LogP contribution < -0.4 is 5.56 Å². The smallest absolute Gasteiger partial charge is 0.247 e. The van der Waals surface area contributed by atoms with Crippen LogP contribution in [0.4, 0.5) is 0 Å². The summed E-state index contributed by atoms with van der Waals surface area (Å²) >= 11 is 0. The summed E-state index contributed by atoms with van der Waals surface area (Å²) < 4.78 is 25.9. The zero-order valence-corrected chi connectivity index (χ0v) is 10.6. The van der Waals surface area contributed by atoms with Gasteiger partial charge in [-0.2, -0.15) is 4.31 Å². The first kappa shape index (κ1) is 12.9. The van der Waals surface area contributed by atoms with Crippen LogP contribution in [0, 0.1) is 18.3 Å². The summed E-state index contributed by atoms with van der Waals surface area (Å²) in [6, 6.07) is 2.49. The largest absolute Gasteiger partial charge is 0.328 e. The molecule has 0 unspecified atom stereocenters. The van der Waals surface area contributed by atoms with Crippen molar-refractivity contribution in [2.24, 2.45) is 5.92 Å². The first-order valence-electron chi connectivity index (χ1n) is 5.66. The van der Waals surface area contributed by atoms with E-state index in [2.05, 4.69) is 10.9 Å². The molecule has 5 nitrogen and oxygen atoms in total. The lowest BCUT2D eigenvalue weighted by Gasteiger charge is -2.19. The predicted octanol–water partition coefficient (Wildman–Crippen LogP) is 0.409. The van der Waals surface area contributed by atoms with Crippen LogP contribution in [0.3, 0.4) is 0 Å². The second kappa shape index (κ2) is 4.96. The predicted molar refractivity (Wildman–Crippen MR) is 67.4 cm³/mol. The average molecular weight is 266 g/mol. The molecule has 96 valence electrons. The van der Waals surface area contributed by atoms with Crippen LogP contribution >= 0.6 is 0 Å². The average Bonchev–Trinajstić information content (AvgIpc) is 3.13. The number of nitrogens with one attached hydrogen (secondary N) is 1. The molecule has 0 amide bonds. The highest BCUT2D eigenvalue weighted by Crippen LogP contribution is 2.31. The molecule has 1 aliphatic rings. The minimum atomic E-state index is -3.61. The summed E-state index contributed by atoms with van der Waals surface area (Å²) in [6.07, 6.45) is 8.50. The Balaban J connectivity index is 2.28. The highest BCUT2D eigenvalue weighted by molar-refractivity contribution is 7.89. The number of H-pyrrole nitrogens is 1. The Kier molecular flexibility index (Phi) is 3.55. The Morgan fingerprint density at radius 1 is 1.44 bits per heavy atom. The van der Waals surface area contributed by atoms with Gasteiger partial charge in [-0.05, 0) is 24.8 Å². The number of terminal acetylenes is 1. The summed E-state index contributed by atoms with van der Waals surface area (Å²) in [7, 11) is -3.61. The van der Waals surface area contributed by atoms with Crippen LogP contribution in [0.5, 0.6) is 0 Å². The maximum Gasteiger partial charge on any atom is 0.247 e. The number of pyridine rings is 1. The number of nitrogens with zero attached hydrogens (tertiary/aromatic N) is 1. The lowest BCUT2D eigenvalue weighted by Crippen LogP contribution is -2.33. The van der Waals surface area contributed by atoms with Crippen LogP contribution in [0.15, 0.2) is 28.0 Å². The second-order valence-electron chi connectivity index (χ2n) is 4.33. The topological polar surface area (TPSA) is 70.2 Å². The Bertz CT molecular complexity index is 603. The first-order chi connectivity index (χ1) is 8.54. The number of aromatic amines is 1. The van der Waals surface area contributed by atoms with E-state index >= 15 is 0 Å². The van der Waals surface area contributed by atoms with Crippen molar-refractivity contribution in [1.82, 2.24) is 9.29 Å². The van der Waals surface area contributed by atoms with E-state index in [-0.39, 0.29) is 17.0 Å². The Labute approximate surface area is 106 Å². The van der Waals surface area contributed by atoms with Crippen molar-refractivity contribution in [3.8, 4) is 12.3 Å². The highest BCUT2D eigenvalue weighted by Gasteiger charge is 2.31. The third-order valence-corrected chi connectivity index (χ3v) is 4.63. The van der Waals surface area contributed by atoms with Gasteiger partial charge >= 0.3 is 0 Å². The second-order valence-corrected chi connectivity index (χ2v) is 6.27. The maximum atomic E-state index is 12.3. The molecule has 0 atom stereocenters. The quantitative estimate of drug-likeness (QED) is 0.785. The Hall–Kier alpha value is -1.58. The van der Waals surface area contributed by atoms with Crippen molar-refractivity contribution in [3.63, 3.8) is 0 Å². The van der Waals surface area contributed by atoms with E-state index in [1.165, 1.54) is 22.6 Å². The molecule has 0 aliphatic heterocycles. The summed E-state index contributed by atoms with van der Waals surface area (Å²) in [5, 5.41) is 0. The number of hydrogen-bond donors (Lipinski definition) is 1. The van der Waals surface area contributed by atoms with Gasteiger partial charge in [-0.1, -0.05) is 5.92 Å². The van der Waals surface area contributed by atoms with Crippen LogP contribution in [0.25, 0.3) is 0 Å². The van der Waals surface area contributed by atoms with Gasteiger partial charge in [0.05, 0.1) is 11.4 Å². The molecule has 6 heteroatoms. The van der Waals surface area contributed by atoms with Gasteiger partial charge in [-0.3, -0.25) is 4.79 Å². The van der Waals surface area contributed by atoms with Gasteiger partial charge in [0.1, 0.15) is 0 Å². The van der Waals surface area contributed by atoms with E-state index in [1.54, 1.807) is 0 Å². The maximum absolute atomic E-state index is 12.3. The zero-order valence-electron chi connectivity index (χ0n) is 9.80. The van der Waals surface area contributed by atoms with Gasteiger partial charge in [-0.15, -0.1) is 6.42 Å². The van der Waals surface area contributed by atoms with Crippen LogP contribution in [0.2, 0.25) is 0 Å². The van der Waals surface area contributed by atoms with E-state index in [1.807, 2.05) is 0 Å². The van der Waals surface area contributed by atoms with Crippen molar-refractivity contribution in [2.45, 2.75) is 17.7 Å². The van der Waals surface area contributed by atoms with E-state index < -0.39 is 10.0 Å². The number of aromatic nitrogens is 1. The fraction of sp³-hybridized carbons (Fsp3) is 0.417. The summed E-state index contributed by atoms with van der Waals surface area (Å²) in [5.41, 5.74) is -0.334. The van der Waals surface area contributed by atoms with Gasteiger partial charge < -0.3 is 4.98 Å². The number of sulfonamides is 1. The third kappa shape index (κ3) is 2.81. The molecule has 1 fully saturated rings. The molecule has 1 aromatic rings. The lowest BCUT2D eigenvalue weighted by molar-refractivity contribution is 0.430. The molecule has 0 bridgehead atoms. The molecule has 1 heterocycles. The molecule has 0 spiro atoms. The molecule has 18 heavy (non-hydrogen) atoms. The molecule has 1 N–H and O–H groups in total. The lowest BCUT2D eigenvalue weighted by atomic mass is 10.4. The van der Waals surface area contributed by atoms with Crippen molar-refractivity contribution in [2.75, 3.05) is 13.1 Å². The van der Waals surface area contributed by atoms with E-state index in [9.17, 15) is 13.2 Å². The molecular formula is C12H14N2O3S. The Morgan fingerprint density at radius 3 is 2.67 bits per heavy atom. The number of rotatable bonds is 5. The molecule has 2 rings (SSSR count). The van der Waals surface area contributed by atoms with Crippen molar-refractivity contribution < 1.29 is 8.42 Å². The van der Waals surface area contributed by atoms with Crippen molar-refractivity contribution in [3.05, 3.63) is 28.7 Å². The van der Waals surface area contributed by atoms with E-state index in [0.717, 1.165) is 12.8 Å². The molecule has 0 saturated heterocycles. The third-order valence-electron chi connectivity index (χ3n) is 2.82. The van der Waals surface area contributed by atoms with Crippen molar-refractivity contribution >= 4 is 10.0 Å². The standard InChI is InChI=1S/C12H14N2O3S/c1-2-7-14(9-10-3-4-10)18(16,17)11-5-6-12(15)13-8-11/h1,5-6,8,10H,3-4,7,9H2,(H,13,15). The normalized spacial score (nSPS) is 15.6. The number of hydrogen-bond acceptors (Lipinski definition) is 3. The monoisotopic (exact) mass is 266 g/mol. The van der Waals surface area contributed by atoms with Crippen molar-refractivity contribution in [1.29, 1.82) is 0 Å². The fourth-order valence-corrected chi connectivity index (χ4v) is 3.04. The minimum absolute atomic E-state index is 0.0535. The van der Waals surface area contributed by atoms with E-state index in [4.69, 9.17) is 6.42 Å². The molecule has 1 saturated carbocycles. The molecule has 1 aliphatic carbocycles. The zero-order chi connectivity index (χ0) is 13.2. The van der Waals surface area contributed by atoms with Crippen LogP contribution in [-0.2, 0) is 10.0 Å². The van der Waals surface area contributed by atoms with Crippen LogP contribution in [0.1, 0.15) is 12.8 Å². The van der Waals surface area contributed by atoms with Gasteiger partial charge in [0.25, 0.3) is 0 Å². The van der Waals surface area contributed by atoms with E-state index in [0.29, 0.717) is 12.5 Å². The van der Waals surface area contributed by atoms with Gasteiger partial charge in [0, 0.05) is 18.8 Å². The fourth-order valence-electron chi connectivity index (χ4n) is 1.64. The van der Waals surface area contributed by atoms with Gasteiger partial charge in [0.15, 0.2) is 0 Å². The summed E-state index contributed by atoms with van der Waals surface area (Å²) in [5.74, 6) is 2.78.